The molecule has 16 heavy (non-hydrogen) atoms. The van der Waals surface area contributed by atoms with Gasteiger partial charge in [-0.05, 0) is 19.4 Å². The lowest BCUT2D eigenvalue weighted by molar-refractivity contribution is 0.132. The van der Waals surface area contributed by atoms with Crippen LogP contribution in [-0.2, 0) is 17.8 Å². The predicted octanol–water partition coefficient (Wildman–Crippen LogP) is 1.81. The SMILES string of the molecule is CCCCOCCNCc1ccnn1CC. The normalized spacial score (nSPS) is 10.9. The first-order valence-corrected chi connectivity index (χ1v) is 6.17. The molecular weight excluding hydrogens is 202 g/mol. The van der Waals surface area contributed by atoms with Gasteiger partial charge in [-0.15, -0.1) is 0 Å². The molecule has 1 aromatic rings. The van der Waals surface area contributed by atoms with Gasteiger partial charge in [0, 0.05) is 32.4 Å². The zero-order chi connectivity index (χ0) is 11.6. The summed E-state index contributed by atoms with van der Waals surface area (Å²) in [4.78, 5) is 0. The van der Waals surface area contributed by atoms with Crippen LogP contribution in [0.1, 0.15) is 32.4 Å². The fourth-order valence-electron chi connectivity index (χ4n) is 1.50. The van der Waals surface area contributed by atoms with Crippen LogP contribution in [0.5, 0.6) is 0 Å². The monoisotopic (exact) mass is 225 g/mol. The minimum atomic E-state index is 0.792. The van der Waals surface area contributed by atoms with Crippen LogP contribution in [0.2, 0.25) is 0 Å². The number of ether oxygens (including phenoxy) is 1. The first-order chi connectivity index (χ1) is 7.88. The molecule has 0 atom stereocenters. The van der Waals surface area contributed by atoms with Gasteiger partial charge in [0.25, 0.3) is 0 Å². The number of unbranched alkanes of at least 4 members (excludes halogenated alkanes) is 1. The molecule has 0 amide bonds. The third-order valence-electron chi connectivity index (χ3n) is 2.48. The van der Waals surface area contributed by atoms with Crippen molar-refractivity contribution in [3.05, 3.63) is 18.0 Å². The average molecular weight is 225 g/mol. The van der Waals surface area contributed by atoms with Gasteiger partial charge in [0.05, 0.1) is 12.3 Å². The number of nitrogens with one attached hydrogen (secondary N) is 1. The van der Waals surface area contributed by atoms with E-state index < -0.39 is 0 Å². The van der Waals surface area contributed by atoms with Crippen molar-refractivity contribution in [2.45, 2.75) is 39.8 Å². The number of aryl methyl sites for hydroxylation is 1. The highest BCUT2D eigenvalue weighted by Crippen LogP contribution is 1.97. The summed E-state index contributed by atoms with van der Waals surface area (Å²) in [6, 6.07) is 2.05. The lowest BCUT2D eigenvalue weighted by Crippen LogP contribution is -2.21. The number of hydrogen-bond donors (Lipinski definition) is 1. The van der Waals surface area contributed by atoms with Gasteiger partial charge < -0.3 is 10.1 Å². The van der Waals surface area contributed by atoms with E-state index in [-0.39, 0.29) is 0 Å². The van der Waals surface area contributed by atoms with Crippen LogP contribution in [0.3, 0.4) is 0 Å². The van der Waals surface area contributed by atoms with E-state index in [1.54, 1.807) is 0 Å². The molecule has 92 valence electrons. The molecule has 0 aromatic carbocycles. The highest BCUT2D eigenvalue weighted by Gasteiger charge is 1.98. The smallest absolute Gasteiger partial charge is 0.0591 e. The lowest BCUT2D eigenvalue weighted by atomic mass is 10.4. The molecule has 0 saturated carbocycles. The summed E-state index contributed by atoms with van der Waals surface area (Å²) >= 11 is 0. The molecule has 0 spiro atoms. The van der Waals surface area contributed by atoms with Crippen LogP contribution in [0.4, 0.5) is 0 Å². The molecule has 0 unspecified atom stereocenters. The molecule has 1 N–H and O–H groups in total. The Morgan fingerprint density at radius 1 is 1.38 bits per heavy atom. The minimum absolute atomic E-state index is 0.792. The van der Waals surface area contributed by atoms with E-state index >= 15 is 0 Å². The van der Waals surface area contributed by atoms with Gasteiger partial charge in [-0.25, -0.2) is 0 Å². The van der Waals surface area contributed by atoms with Crippen LogP contribution < -0.4 is 5.32 Å². The molecule has 0 aliphatic carbocycles. The summed E-state index contributed by atoms with van der Waals surface area (Å²) < 4.78 is 7.47. The Morgan fingerprint density at radius 2 is 2.25 bits per heavy atom. The molecule has 0 aliphatic heterocycles. The summed E-state index contributed by atoms with van der Waals surface area (Å²) in [5.74, 6) is 0. The highest BCUT2D eigenvalue weighted by molar-refractivity contribution is 4.99. The van der Waals surface area contributed by atoms with Crippen LogP contribution >= 0.6 is 0 Å². The second kappa shape index (κ2) is 8.30. The van der Waals surface area contributed by atoms with E-state index in [1.807, 2.05) is 10.9 Å². The van der Waals surface area contributed by atoms with Crippen molar-refractivity contribution in [1.29, 1.82) is 0 Å². The molecule has 0 bridgehead atoms. The van der Waals surface area contributed by atoms with Crippen LogP contribution in [0.15, 0.2) is 12.3 Å². The maximum Gasteiger partial charge on any atom is 0.0591 e. The molecule has 1 rings (SSSR count). The Balaban J connectivity index is 2.03. The quantitative estimate of drug-likeness (QED) is 0.651. The van der Waals surface area contributed by atoms with Gasteiger partial charge in [-0.3, -0.25) is 4.68 Å². The summed E-state index contributed by atoms with van der Waals surface area (Å²) in [5, 5.41) is 7.57. The Labute approximate surface area is 98.0 Å². The summed E-state index contributed by atoms with van der Waals surface area (Å²) in [6.45, 7) is 8.64. The predicted molar refractivity (Wildman–Crippen MR) is 65.3 cm³/mol. The molecule has 1 heterocycles. The van der Waals surface area contributed by atoms with Crippen LogP contribution in [0.25, 0.3) is 0 Å². The maximum atomic E-state index is 5.47. The number of aromatic nitrogens is 2. The minimum Gasteiger partial charge on any atom is -0.380 e. The average Bonchev–Trinajstić information content (AvgIpc) is 2.75. The summed E-state index contributed by atoms with van der Waals surface area (Å²) in [5.41, 5.74) is 1.23. The fourth-order valence-corrected chi connectivity index (χ4v) is 1.50. The van der Waals surface area contributed by atoms with Crippen LogP contribution in [-0.4, -0.2) is 29.5 Å². The van der Waals surface area contributed by atoms with E-state index in [4.69, 9.17) is 4.74 Å². The third-order valence-corrected chi connectivity index (χ3v) is 2.48. The van der Waals surface area contributed by atoms with Gasteiger partial charge in [-0.1, -0.05) is 13.3 Å². The molecule has 0 radical (unpaired) electrons. The molecular formula is C12H23N3O. The second-order valence-corrected chi connectivity index (χ2v) is 3.78. The van der Waals surface area contributed by atoms with E-state index in [0.717, 1.165) is 39.3 Å². The Hall–Kier alpha value is -0.870. The Bertz CT molecular complexity index is 273. The Morgan fingerprint density at radius 3 is 3.00 bits per heavy atom. The van der Waals surface area contributed by atoms with Gasteiger partial charge >= 0.3 is 0 Å². The van der Waals surface area contributed by atoms with Crippen molar-refractivity contribution in [2.24, 2.45) is 0 Å². The van der Waals surface area contributed by atoms with Crippen molar-refractivity contribution >= 4 is 0 Å². The third kappa shape index (κ3) is 4.77. The first kappa shape index (κ1) is 13.2. The standard InChI is InChI=1S/C12H23N3O/c1-3-5-9-16-10-8-13-11-12-6-7-14-15(12)4-2/h6-7,13H,3-5,8-11H2,1-2H3. The van der Waals surface area contributed by atoms with Crippen molar-refractivity contribution in [3.8, 4) is 0 Å². The lowest BCUT2D eigenvalue weighted by Gasteiger charge is -2.07. The van der Waals surface area contributed by atoms with Crippen molar-refractivity contribution in [3.63, 3.8) is 0 Å². The van der Waals surface area contributed by atoms with E-state index in [1.165, 1.54) is 12.1 Å². The maximum absolute atomic E-state index is 5.47. The zero-order valence-corrected chi connectivity index (χ0v) is 10.4. The van der Waals surface area contributed by atoms with Crippen molar-refractivity contribution in [2.75, 3.05) is 19.8 Å². The first-order valence-electron chi connectivity index (χ1n) is 6.17. The fraction of sp³-hybridized carbons (Fsp3) is 0.750. The number of rotatable bonds is 9. The molecule has 0 aliphatic rings. The van der Waals surface area contributed by atoms with E-state index in [9.17, 15) is 0 Å². The van der Waals surface area contributed by atoms with Gasteiger partial charge in [0.15, 0.2) is 0 Å². The van der Waals surface area contributed by atoms with E-state index in [2.05, 4.69) is 30.3 Å². The van der Waals surface area contributed by atoms with Gasteiger partial charge in [0.2, 0.25) is 0 Å². The second-order valence-electron chi connectivity index (χ2n) is 3.78. The largest absolute Gasteiger partial charge is 0.380 e. The summed E-state index contributed by atoms with van der Waals surface area (Å²) in [6.07, 6.45) is 4.20. The Kier molecular flexibility index (Phi) is 6.85. The van der Waals surface area contributed by atoms with Crippen LogP contribution in [0, 0.1) is 0 Å². The molecule has 0 saturated heterocycles. The van der Waals surface area contributed by atoms with Crippen molar-refractivity contribution < 1.29 is 4.74 Å². The highest BCUT2D eigenvalue weighted by atomic mass is 16.5. The zero-order valence-electron chi connectivity index (χ0n) is 10.4. The van der Waals surface area contributed by atoms with Crippen molar-refractivity contribution in [1.82, 2.24) is 15.1 Å². The van der Waals surface area contributed by atoms with E-state index in [0.29, 0.717) is 0 Å². The number of nitrogens with zero attached hydrogens (tertiary/aromatic N) is 2. The van der Waals surface area contributed by atoms with Gasteiger partial charge in [0.1, 0.15) is 0 Å². The molecule has 4 nitrogen and oxygen atoms in total. The van der Waals surface area contributed by atoms with Gasteiger partial charge in [-0.2, -0.15) is 5.10 Å². The summed E-state index contributed by atoms with van der Waals surface area (Å²) in [7, 11) is 0. The molecule has 4 heteroatoms. The number of hydrogen-bond acceptors (Lipinski definition) is 3. The molecule has 0 fully saturated rings. The molecule has 1 aromatic heterocycles. The topological polar surface area (TPSA) is 39.1 Å².